The normalized spacial score (nSPS) is 18.7. The van der Waals surface area contributed by atoms with E-state index in [4.69, 9.17) is 14.2 Å². The number of aryl methyl sites for hydroxylation is 2. The van der Waals surface area contributed by atoms with Crippen LogP contribution < -0.4 is 5.56 Å². The quantitative estimate of drug-likeness (QED) is 0.401. The zero-order valence-electron chi connectivity index (χ0n) is 17.3. The predicted octanol–water partition coefficient (Wildman–Crippen LogP) is 4.00. The molecular weight excluding hydrogens is 420 g/mol. The van der Waals surface area contributed by atoms with Crippen LogP contribution in [0.25, 0.3) is 10.2 Å². The standard InChI is InChI=1S/C21H26N4O3S2/c1-12(2)9-16-22-17(28-24-16)11-29-21-23-19-18(14-6-3-7-15(14)30-19)20(26)25(21)10-13-5-4-8-27-13/h12-13H,3-11H2,1-2H3/t13-/m0/s1. The van der Waals surface area contributed by atoms with E-state index < -0.39 is 0 Å². The summed E-state index contributed by atoms with van der Waals surface area (Å²) in [7, 11) is 0. The molecule has 0 aromatic carbocycles. The van der Waals surface area contributed by atoms with Crippen molar-refractivity contribution in [3.63, 3.8) is 0 Å². The van der Waals surface area contributed by atoms with Gasteiger partial charge in [0, 0.05) is 17.9 Å². The van der Waals surface area contributed by atoms with E-state index >= 15 is 0 Å². The molecule has 4 heterocycles. The Labute approximate surface area is 183 Å². The van der Waals surface area contributed by atoms with E-state index in [1.54, 1.807) is 11.3 Å². The van der Waals surface area contributed by atoms with Crippen molar-refractivity contribution in [2.45, 2.75) is 75.9 Å². The Balaban J connectivity index is 1.46. The van der Waals surface area contributed by atoms with Crippen molar-refractivity contribution < 1.29 is 9.26 Å². The molecule has 1 saturated heterocycles. The van der Waals surface area contributed by atoms with Crippen molar-refractivity contribution in [3.05, 3.63) is 32.5 Å². The molecule has 0 amide bonds. The monoisotopic (exact) mass is 446 g/mol. The van der Waals surface area contributed by atoms with Gasteiger partial charge in [-0.3, -0.25) is 9.36 Å². The second kappa shape index (κ2) is 8.43. The number of hydrogen-bond donors (Lipinski definition) is 0. The summed E-state index contributed by atoms with van der Waals surface area (Å²) in [4.78, 5) is 25.1. The fourth-order valence-electron chi connectivity index (χ4n) is 4.24. The van der Waals surface area contributed by atoms with Gasteiger partial charge in [-0.2, -0.15) is 4.98 Å². The Hall–Kier alpha value is -1.71. The van der Waals surface area contributed by atoms with Crippen LogP contribution in [0.3, 0.4) is 0 Å². The lowest BCUT2D eigenvalue weighted by Gasteiger charge is -2.15. The average Bonchev–Trinajstić information content (AvgIpc) is 3.47. The molecule has 9 heteroatoms. The van der Waals surface area contributed by atoms with Crippen LogP contribution in [0.2, 0.25) is 0 Å². The van der Waals surface area contributed by atoms with Gasteiger partial charge in [0.1, 0.15) is 4.83 Å². The van der Waals surface area contributed by atoms with E-state index in [1.165, 1.54) is 22.2 Å². The van der Waals surface area contributed by atoms with E-state index in [1.807, 2.05) is 4.57 Å². The summed E-state index contributed by atoms with van der Waals surface area (Å²) >= 11 is 3.17. The Kier molecular flexibility index (Phi) is 5.68. The molecule has 0 spiro atoms. The van der Waals surface area contributed by atoms with Crippen LogP contribution in [0, 0.1) is 5.92 Å². The lowest BCUT2D eigenvalue weighted by atomic mass is 10.1. The summed E-state index contributed by atoms with van der Waals surface area (Å²) < 4.78 is 13.0. The summed E-state index contributed by atoms with van der Waals surface area (Å²) in [6.45, 7) is 5.58. The lowest BCUT2D eigenvalue weighted by molar-refractivity contribution is 0.0937. The van der Waals surface area contributed by atoms with Crippen LogP contribution in [0.15, 0.2) is 14.5 Å². The van der Waals surface area contributed by atoms with Crippen LogP contribution in [-0.4, -0.2) is 32.4 Å². The van der Waals surface area contributed by atoms with E-state index in [0.717, 1.165) is 61.2 Å². The molecule has 0 bridgehead atoms. The number of hydrogen-bond acceptors (Lipinski definition) is 8. The Morgan fingerprint density at radius 2 is 2.17 bits per heavy atom. The maximum absolute atomic E-state index is 13.5. The molecule has 0 saturated carbocycles. The second-order valence-electron chi connectivity index (χ2n) is 8.47. The first kappa shape index (κ1) is 20.2. The molecule has 160 valence electrons. The topological polar surface area (TPSA) is 83.0 Å². The van der Waals surface area contributed by atoms with Crippen molar-refractivity contribution in [3.8, 4) is 0 Å². The Morgan fingerprint density at radius 1 is 1.27 bits per heavy atom. The molecule has 3 aromatic heterocycles. The number of rotatable bonds is 7. The summed E-state index contributed by atoms with van der Waals surface area (Å²) in [6.07, 6.45) is 6.08. The molecule has 1 aliphatic carbocycles. The molecule has 1 fully saturated rings. The first-order chi connectivity index (χ1) is 14.6. The highest BCUT2D eigenvalue weighted by atomic mass is 32.2. The summed E-state index contributed by atoms with van der Waals surface area (Å²) in [6, 6.07) is 0. The summed E-state index contributed by atoms with van der Waals surface area (Å²) in [5.41, 5.74) is 1.30. The maximum Gasteiger partial charge on any atom is 0.263 e. The number of thiophene rings is 1. The van der Waals surface area contributed by atoms with Crippen molar-refractivity contribution in [1.29, 1.82) is 0 Å². The van der Waals surface area contributed by atoms with Gasteiger partial charge in [0.15, 0.2) is 11.0 Å². The minimum Gasteiger partial charge on any atom is -0.376 e. The highest BCUT2D eigenvalue weighted by Gasteiger charge is 2.25. The molecular formula is C21H26N4O3S2. The SMILES string of the molecule is CC(C)Cc1noc(CSc2nc3sc4c(c3c(=O)n2C[C@@H]2CCCO2)CCC4)n1. The number of nitrogens with zero attached hydrogens (tertiary/aromatic N) is 4. The van der Waals surface area contributed by atoms with Crippen LogP contribution in [-0.2, 0) is 36.3 Å². The molecule has 0 unspecified atom stereocenters. The number of fused-ring (bicyclic) bond motifs is 3. The highest BCUT2D eigenvalue weighted by Crippen LogP contribution is 2.36. The van der Waals surface area contributed by atoms with Crippen LogP contribution >= 0.6 is 23.1 Å². The first-order valence-corrected chi connectivity index (χ1v) is 12.5. The Morgan fingerprint density at radius 3 is 2.97 bits per heavy atom. The van der Waals surface area contributed by atoms with Gasteiger partial charge in [-0.1, -0.05) is 30.8 Å². The molecule has 0 N–H and O–H groups in total. The fraction of sp³-hybridized carbons (Fsp3) is 0.619. The van der Waals surface area contributed by atoms with Crippen LogP contribution in [0.5, 0.6) is 0 Å². The molecule has 7 nitrogen and oxygen atoms in total. The second-order valence-corrected chi connectivity index (χ2v) is 10.5. The van der Waals surface area contributed by atoms with Crippen LogP contribution in [0.1, 0.15) is 55.3 Å². The first-order valence-electron chi connectivity index (χ1n) is 10.7. The molecule has 3 aromatic rings. The molecule has 1 aliphatic heterocycles. The zero-order valence-corrected chi connectivity index (χ0v) is 19.0. The van der Waals surface area contributed by atoms with Gasteiger partial charge in [0.05, 0.1) is 23.8 Å². The molecule has 30 heavy (non-hydrogen) atoms. The smallest absolute Gasteiger partial charge is 0.263 e. The largest absolute Gasteiger partial charge is 0.376 e. The van der Waals surface area contributed by atoms with E-state index in [2.05, 4.69) is 24.0 Å². The third kappa shape index (κ3) is 3.94. The third-order valence-corrected chi connectivity index (χ3v) is 7.77. The van der Waals surface area contributed by atoms with E-state index in [0.29, 0.717) is 29.3 Å². The average molecular weight is 447 g/mol. The van der Waals surface area contributed by atoms with Gasteiger partial charge in [-0.15, -0.1) is 11.3 Å². The maximum atomic E-state index is 13.5. The van der Waals surface area contributed by atoms with Crippen molar-refractivity contribution in [2.24, 2.45) is 5.92 Å². The van der Waals surface area contributed by atoms with Gasteiger partial charge >= 0.3 is 0 Å². The summed E-state index contributed by atoms with van der Waals surface area (Å²) in [5.74, 6) is 2.28. The minimum absolute atomic E-state index is 0.0726. The minimum atomic E-state index is 0.0726. The number of aromatic nitrogens is 4. The van der Waals surface area contributed by atoms with Gasteiger partial charge in [0.25, 0.3) is 5.56 Å². The van der Waals surface area contributed by atoms with E-state index in [-0.39, 0.29) is 11.7 Å². The van der Waals surface area contributed by atoms with Gasteiger partial charge < -0.3 is 9.26 Å². The van der Waals surface area contributed by atoms with Gasteiger partial charge in [0.2, 0.25) is 5.89 Å². The summed E-state index contributed by atoms with van der Waals surface area (Å²) in [5, 5.41) is 5.61. The third-order valence-electron chi connectivity index (χ3n) is 5.63. The fourth-order valence-corrected chi connectivity index (χ4v) is 6.39. The van der Waals surface area contributed by atoms with Crippen molar-refractivity contribution in [1.82, 2.24) is 19.7 Å². The van der Waals surface area contributed by atoms with E-state index in [9.17, 15) is 4.79 Å². The van der Waals surface area contributed by atoms with Crippen molar-refractivity contribution in [2.75, 3.05) is 6.61 Å². The molecule has 0 radical (unpaired) electrons. The van der Waals surface area contributed by atoms with Gasteiger partial charge in [-0.05, 0) is 43.6 Å². The molecule has 5 rings (SSSR count). The zero-order chi connectivity index (χ0) is 20.7. The number of thioether (sulfide) groups is 1. The lowest BCUT2D eigenvalue weighted by Crippen LogP contribution is -2.28. The number of ether oxygens (including phenoxy) is 1. The molecule has 2 aliphatic rings. The van der Waals surface area contributed by atoms with Crippen molar-refractivity contribution >= 4 is 33.3 Å². The van der Waals surface area contributed by atoms with Gasteiger partial charge in [-0.25, -0.2) is 4.98 Å². The highest BCUT2D eigenvalue weighted by molar-refractivity contribution is 7.98. The Bertz CT molecular complexity index is 1110. The van der Waals surface area contributed by atoms with Crippen LogP contribution in [0.4, 0.5) is 0 Å². The molecule has 1 atom stereocenters. The predicted molar refractivity (Wildman–Crippen MR) is 117 cm³/mol.